The van der Waals surface area contributed by atoms with Gasteiger partial charge >= 0.3 is 0 Å². The lowest BCUT2D eigenvalue weighted by atomic mass is 10.3. The summed E-state index contributed by atoms with van der Waals surface area (Å²) in [6.07, 6.45) is 6.11. The Morgan fingerprint density at radius 2 is 1.94 bits per heavy atom. The van der Waals surface area contributed by atoms with E-state index in [1.54, 1.807) is 0 Å². The van der Waals surface area contributed by atoms with E-state index in [1.807, 2.05) is 16.8 Å². The van der Waals surface area contributed by atoms with E-state index < -0.39 is 0 Å². The maximum atomic E-state index is 4.63. The van der Waals surface area contributed by atoms with Crippen molar-refractivity contribution in [3.8, 4) is 0 Å². The van der Waals surface area contributed by atoms with Gasteiger partial charge in [0.05, 0.1) is 6.04 Å². The summed E-state index contributed by atoms with van der Waals surface area (Å²) in [5.41, 5.74) is 0. The van der Waals surface area contributed by atoms with Crippen molar-refractivity contribution in [1.29, 1.82) is 0 Å². The highest BCUT2D eigenvalue weighted by Crippen LogP contribution is 2.16. The summed E-state index contributed by atoms with van der Waals surface area (Å²) < 4.78 is 4.21. The van der Waals surface area contributed by atoms with Crippen LogP contribution in [0.3, 0.4) is 0 Å². The second kappa shape index (κ2) is 5.17. The van der Waals surface area contributed by atoms with Crippen molar-refractivity contribution in [2.24, 2.45) is 0 Å². The zero-order valence-electron chi connectivity index (χ0n) is 10.8. The van der Waals surface area contributed by atoms with Gasteiger partial charge in [0.1, 0.15) is 5.82 Å². The van der Waals surface area contributed by atoms with Crippen LogP contribution in [-0.4, -0.2) is 19.3 Å². The van der Waals surface area contributed by atoms with Crippen LogP contribution < -0.4 is 0 Å². The number of rotatable bonds is 5. The van der Waals surface area contributed by atoms with Gasteiger partial charge in [-0.05, 0) is 25.5 Å². The van der Waals surface area contributed by atoms with Crippen molar-refractivity contribution >= 4 is 0 Å². The Labute approximate surface area is 102 Å². The summed E-state index contributed by atoms with van der Waals surface area (Å²) in [7, 11) is 0. The molecule has 0 saturated heterocycles. The van der Waals surface area contributed by atoms with Gasteiger partial charge in [-0.15, -0.1) is 0 Å². The first-order valence-corrected chi connectivity index (χ1v) is 6.32. The third-order valence-corrected chi connectivity index (χ3v) is 2.94. The molecule has 0 aliphatic rings. The molecule has 0 fully saturated rings. The first-order valence-electron chi connectivity index (χ1n) is 6.32. The van der Waals surface area contributed by atoms with E-state index in [9.17, 15) is 0 Å². The Morgan fingerprint density at radius 3 is 2.53 bits per heavy atom. The molecule has 0 spiro atoms. The first-order chi connectivity index (χ1) is 8.26. The molecule has 92 valence electrons. The number of hydrogen-bond donors (Lipinski definition) is 0. The average Bonchev–Trinajstić information content (AvgIpc) is 2.97. The molecule has 2 aromatic rings. The van der Waals surface area contributed by atoms with Crippen LogP contribution in [-0.2, 0) is 13.0 Å². The molecule has 4 nitrogen and oxygen atoms in total. The zero-order valence-corrected chi connectivity index (χ0v) is 10.8. The first kappa shape index (κ1) is 11.9. The summed E-state index contributed by atoms with van der Waals surface area (Å²) in [5, 5.41) is 4.54. The van der Waals surface area contributed by atoms with Gasteiger partial charge in [0.15, 0.2) is 5.82 Å². The van der Waals surface area contributed by atoms with Crippen molar-refractivity contribution < 1.29 is 0 Å². The standard InChI is InChI=1S/C13H20N4/c1-4-8-17-13(14-12(5-2)15-17)11(3)16-9-6-7-10-16/h6-7,9-11H,4-5,8H2,1-3H3. The van der Waals surface area contributed by atoms with Crippen LogP contribution in [0.15, 0.2) is 24.5 Å². The van der Waals surface area contributed by atoms with Crippen LogP contribution >= 0.6 is 0 Å². The average molecular weight is 232 g/mol. The van der Waals surface area contributed by atoms with Crippen LogP contribution in [0, 0.1) is 0 Å². The third kappa shape index (κ3) is 2.40. The molecule has 4 heteroatoms. The topological polar surface area (TPSA) is 35.6 Å². The van der Waals surface area contributed by atoms with Crippen molar-refractivity contribution in [1.82, 2.24) is 19.3 Å². The smallest absolute Gasteiger partial charge is 0.150 e. The fraction of sp³-hybridized carbons (Fsp3) is 0.538. The van der Waals surface area contributed by atoms with Crippen molar-refractivity contribution in [2.75, 3.05) is 0 Å². The van der Waals surface area contributed by atoms with Crippen LogP contribution in [0.1, 0.15) is 44.9 Å². The number of aromatic nitrogens is 4. The van der Waals surface area contributed by atoms with E-state index >= 15 is 0 Å². The molecule has 2 heterocycles. The van der Waals surface area contributed by atoms with Gasteiger partial charge in [-0.25, -0.2) is 9.67 Å². The molecule has 0 bridgehead atoms. The molecule has 0 radical (unpaired) electrons. The molecule has 1 unspecified atom stereocenters. The number of nitrogens with zero attached hydrogens (tertiary/aromatic N) is 4. The zero-order chi connectivity index (χ0) is 12.3. The summed E-state index contributed by atoms with van der Waals surface area (Å²) in [6.45, 7) is 7.36. The molecule has 0 amide bonds. The quantitative estimate of drug-likeness (QED) is 0.794. The molecule has 2 rings (SSSR count). The second-order valence-electron chi connectivity index (χ2n) is 4.27. The SMILES string of the molecule is CCCn1nc(CC)nc1C(C)n1cccc1. The Bertz CT molecular complexity index is 456. The Hall–Kier alpha value is -1.58. The van der Waals surface area contributed by atoms with Gasteiger partial charge in [0.25, 0.3) is 0 Å². The lowest BCUT2D eigenvalue weighted by Gasteiger charge is -2.13. The van der Waals surface area contributed by atoms with E-state index in [0.717, 1.165) is 31.0 Å². The van der Waals surface area contributed by atoms with Gasteiger partial charge in [-0.3, -0.25) is 0 Å². The van der Waals surface area contributed by atoms with Gasteiger partial charge in [-0.1, -0.05) is 13.8 Å². The molecule has 2 aromatic heterocycles. The van der Waals surface area contributed by atoms with Gasteiger partial charge in [-0.2, -0.15) is 5.10 Å². The Balaban J connectivity index is 2.32. The minimum absolute atomic E-state index is 0.240. The van der Waals surface area contributed by atoms with Crippen LogP contribution in [0.2, 0.25) is 0 Å². The number of hydrogen-bond acceptors (Lipinski definition) is 2. The molecular weight excluding hydrogens is 212 g/mol. The lowest BCUT2D eigenvalue weighted by Crippen LogP contribution is -2.13. The molecule has 1 atom stereocenters. The lowest BCUT2D eigenvalue weighted by molar-refractivity contribution is 0.507. The summed E-state index contributed by atoms with van der Waals surface area (Å²) in [6, 6.07) is 4.32. The van der Waals surface area contributed by atoms with Crippen molar-refractivity contribution in [2.45, 2.75) is 46.2 Å². The van der Waals surface area contributed by atoms with E-state index in [1.165, 1.54) is 0 Å². The summed E-state index contributed by atoms with van der Waals surface area (Å²) in [4.78, 5) is 4.63. The van der Waals surface area contributed by atoms with E-state index in [4.69, 9.17) is 0 Å². The number of aryl methyl sites for hydroxylation is 2. The molecule has 17 heavy (non-hydrogen) atoms. The minimum Gasteiger partial charge on any atom is -0.344 e. The van der Waals surface area contributed by atoms with E-state index in [-0.39, 0.29) is 6.04 Å². The maximum Gasteiger partial charge on any atom is 0.150 e. The fourth-order valence-electron chi connectivity index (χ4n) is 1.98. The molecule has 0 aliphatic heterocycles. The Morgan fingerprint density at radius 1 is 1.24 bits per heavy atom. The highest BCUT2D eigenvalue weighted by molar-refractivity contribution is 5.04. The highest BCUT2D eigenvalue weighted by Gasteiger charge is 2.16. The van der Waals surface area contributed by atoms with E-state index in [2.05, 4.69) is 47.8 Å². The third-order valence-electron chi connectivity index (χ3n) is 2.94. The van der Waals surface area contributed by atoms with Crippen LogP contribution in [0.5, 0.6) is 0 Å². The molecular formula is C13H20N4. The Kier molecular flexibility index (Phi) is 3.61. The van der Waals surface area contributed by atoms with Crippen molar-refractivity contribution in [3.05, 3.63) is 36.2 Å². The second-order valence-corrected chi connectivity index (χ2v) is 4.27. The normalized spacial score (nSPS) is 12.9. The van der Waals surface area contributed by atoms with Crippen LogP contribution in [0.4, 0.5) is 0 Å². The van der Waals surface area contributed by atoms with Crippen molar-refractivity contribution in [3.63, 3.8) is 0 Å². The molecule has 0 aliphatic carbocycles. The highest BCUT2D eigenvalue weighted by atomic mass is 15.4. The molecule has 0 saturated carbocycles. The summed E-state index contributed by atoms with van der Waals surface area (Å²) in [5.74, 6) is 1.99. The summed E-state index contributed by atoms with van der Waals surface area (Å²) >= 11 is 0. The molecule has 0 aromatic carbocycles. The van der Waals surface area contributed by atoms with E-state index in [0.29, 0.717) is 0 Å². The predicted molar refractivity (Wildman–Crippen MR) is 67.9 cm³/mol. The minimum atomic E-state index is 0.240. The fourth-order valence-corrected chi connectivity index (χ4v) is 1.98. The van der Waals surface area contributed by atoms with Crippen LogP contribution in [0.25, 0.3) is 0 Å². The van der Waals surface area contributed by atoms with Gasteiger partial charge < -0.3 is 4.57 Å². The predicted octanol–water partition coefficient (Wildman–Crippen LogP) is 2.66. The molecule has 0 N–H and O–H groups in total. The van der Waals surface area contributed by atoms with Gasteiger partial charge in [0.2, 0.25) is 0 Å². The van der Waals surface area contributed by atoms with Gasteiger partial charge in [0, 0.05) is 25.4 Å². The monoisotopic (exact) mass is 232 g/mol. The maximum absolute atomic E-state index is 4.63. The largest absolute Gasteiger partial charge is 0.344 e.